The summed E-state index contributed by atoms with van der Waals surface area (Å²) < 4.78 is 10.9. The van der Waals surface area contributed by atoms with Crippen LogP contribution in [0.2, 0.25) is 0 Å². The Balaban J connectivity index is 1.95. The number of primary amides is 1. The van der Waals surface area contributed by atoms with Gasteiger partial charge in [0.15, 0.2) is 17.3 Å². The number of rotatable bonds is 7. The van der Waals surface area contributed by atoms with Gasteiger partial charge in [0.05, 0.1) is 18.5 Å². The molecule has 1 fully saturated rings. The van der Waals surface area contributed by atoms with Crippen LogP contribution in [0.1, 0.15) is 54.5 Å². The minimum atomic E-state index is -0.808. The fourth-order valence-electron chi connectivity index (χ4n) is 2.80. The summed E-state index contributed by atoms with van der Waals surface area (Å²) in [5, 5.41) is 13.4. The second-order valence-electron chi connectivity index (χ2n) is 8.13. The van der Waals surface area contributed by atoms with Crippen molar-refractivity contribution in [2.24, 2.45) is 11.7 Å². The number of carbonyl (C=O) groups is 3. The van der Waals surface area contributed by atoms with Crippen molar-refractivity contribution in [1.29, 1.82) is 0 Å². The standard InChI is InChI=1S/C21H25N5O5/c1-21(2,3)31-20(29)12-6-5-7-13(17(12)30-4)23-14-10-15(24-19(28)11-8-9-11)25-26-16(14)18(22)27/h5-7,10-11H,8-9H2,1-4H3,(H2,22,27)(H2,23,24,25,28). The SMILES string of the molecule is COc1c(Nc2cc(NC(=O)C3CC3)nnc2C(N)=O)cccc1C(=O)OC(C)(C)C. The summed E-state index contributed by atoms with van der Waals surface area (Å²) >= 11 is 0. The van der Waals surface area contributed by atoms with Gasteiger partial charge in [0.2, 0.25) is 5.91 Å². The van der Waals surface area contributed by atoms with Gasteiger partial charge >= 0.3 is 5.97 Å². The van der Waals surface area contributed by atoms with Gasteiger partial charge in [-0.25, -0.2) is 4.79 Å². The molecule has 1 aliphatic rings. The van der Waals surface area contributed by atoms with E-state index in [1.807, 2.05) is 0 Å². The second-order valence-corrected chi connectivity index (χ2v) is 8.13. The van der Waals surface area contributed by atoms with Gasteiger partial charge in [-0.15, -0.1) is 10.2 Å². The minimum absolute atomic E-state index is 0.0281. The summed E-state index contributed by atoms with van der Waals surface area (Å²) in [5.41, 5.74) is 5.38. The average molecular weight is 427 g/mol. The monoisotopic (exact) mass is 427 g/mol. The molecule has 1 saturated carbocycles. The molecule has 10 nitrogen and oxygen atoms in total. The van der Waals surface area contributed by atoms with Crippen LogP contribution >= 0.6 is 0 Å². The van der Waals surface area contributed by atoms with Crippen molar-refractivity contribution < 1.29 is 23.9 Å². The summed E-state index contributed by atoms with van der Waals surface area (Å²) in [6.45, 7) is 5.29. The van der Waals surface area contributed by atoms with Crippen LogP contribution in [0.4, 0.5) is 17.2 Å². The molecule has 4 N–H and O–H groups in total. The highest BCUT2D eigenvalue weighted by molar-refractivity contribution is 6.00. The molecule has 0 aliphatic heterocycles. The molecule has 31 heavy (non-hydrogen) atoms. The number of anilines is 3. The number of nitrogens with zero attached hydrogens (tertiary/aromatic N) is 2. The first-order chi connectivity index (χ1) is 14.6. The van der Waals surface area contributed by atoms with E-state index < -0.39 is 17.5 Å². The van der Waals surface area contributed by atoms with Crippen LogP contribution in [-0.2, 0) is 9.53 Å². The number of amides is 2. The highest BCUT2D eigenvalue weighted by Crippen LogP contribution is 2.34. The number of ether oxygens (including phenoxy) is 2. The number of carbonyl (C=O) groups excluding carboxylic acids is 3. The Morgan fingerprint density at radius 2 is 1.84 bits per heavy atom. The van der Waals surface area contributed by atoms with Gasteiger partial charge in [0.1, 0.15) is 11.2 Å². The van der Waals surface area contributed by atoms with Crippen molar-refractivity contribution in [3.05, 3.63) is 35.5 Å². The molecule has 0 bridgehead atoms. The van der Waals surface area contributed by atoms with E-state index in [2.05, 4.69) is 20.8 Å². The Kier molecular flexibility index (Phi) is 6.09. The maximum absolute atomic E-state index is 12.6. The molecule has 2 amide bonds. The molecule has 0 unspecified atom stereocenters. The van der Waals surface area contributed by atoms with Crippen LogP contribution in [0, 0.1) is 5.92 Å². The molecule has 164 valence electrons. The maximum Gasteiger partial charge on any atom is 0.342 e. The first-order valence-corrected chi connectivity index (χ1v) is 9.75. The zero-order valence-corrected chi connectivity index (χ0v) is 17.8. The van der Waals surface area contributed by atoms with E-state index in [0.29, 0.717) is 5.69 Å². The zero-order valence-electron chi connectivity index (χ0n) is 17.8. The first kappa shape index (κ1) is 22.0. The maximum atomic E-state index is 12.6. The normalized spacial score (nSPS) is 13.3. The van der Waals surface area contributed by atoms with Crippen molar-refractivity contribution in [2.45, 2.75) is 39.2 Å². The molecule has 10 heteroatoms. The molecule has 1 aromatic carbocycles. The van der Waals surface area contributed by atoms with Crippen molar-refractivity contribution in [2.75, 3.05) is 17.7 Å². The second kappa shape index (κ2) is 8.58. The number of nitrogens with two attached hydrogens (primary N) is 1. The fourth-order valence-corrected chi connectivity index (χ4v) is 2.80. The van der Waals surface area contributed by atoms with Crippen LogP contribution in [0.25, 0.3) is 0 Å². The largest absolute Gasteiger partial charge is 0.494 e. The van der Waals surface area contributed by atoms with Crippen LogP contribution in [0.3, 0.4) is 0 Å². The summed E-state index contributed by atoms with van der Waals surface area (Å²) in [6.07, 6.45) is 1.66. The van der Waals surface area contributed by atoms with E-state index in [4.69, 9.17) is 15.2 Å². The van der Waals surface area contributed by atoms with Crippen LogP contribution in [0.5, 0.6) is 5.75 Å². The van der Waals surface area contributed by atoms with Gasteiger partial charge < -0.3 is 25.8 Å². The lowest BCUT2D eigenvalue weighted by Gasteiger charge is -2.21. The number of esters is 1. The number of aromatic nitrogens is 2. The molecule has 1 aliphatic carbocycles. The predicted octanol–water partition coefficient (Wildman–Crippen LogP) is 2.63. The van der Waals surface area contributed by atoms with Gasteiger partial charge in [-0.2, -0.15) is 0 Å². The molecule has 3 rings (SSSR count). The minimum Gasteiger partial charge on any atom is -0.494 e. The number of methoxy groups -OCH3 is 1. The lowest BCUT2D eigenvalue weighted by molar-refractivity contribution is -0.117. The lowest BCUT2D eigenvalue weighted by atomic mass is 10.1. The van der Waals surface area contributed by atoms with E-state index in [9.17, 15) is 14.4 Å². The summed E-state index contributed by atoms with van der Waals surface area (Å²) in [5.74, 6) is -1.17. The van der Waals surface area contributed by atoms with Crippen molar-refractivity contribution in [1.82, 2.24) is 10.2 Å². The quantitative estimate of drug-likeness (QED) is 0.572. The highest BCUT2D eigenvalue weighted by atomic mass is 16.6. The molecule has 0 spiro atoms. The average Bonchev–Trinajstić information content (AvgIpc) is 3.51. The van der Waals surface area contributed by atoms with E-state index in [0.717, 1.165) is 12.8 Å². The molecular weight excluding hydrogens is 402 g/mol. The van der Waals surface area contributed by atoms with E-state index in [1.54, 1.807) is 39.0 Å². The predicted molar refractivity (Wildman–Crippen MR) is 113 cm³/mol. The number of nitrogens with one attached hydrogen (secondary N) is 2. The summed E-state index contributed by atoms with van der Waals surface area (Å²) in [4.78, 5) is 36.5. The Hall–Kier alpha value is -3.69. The molecule has 2 aromatic rings. The van der Waals surface area contributed by atoms with Crippen molar-refractivity contribution >= 4 is 35.0 Å². The summed E-state index contributed by atoms with van der Waals surface area (Å²) in [6, 6.07) is 6.31. The van der Waals surface area contributed by atoms with Crippen LogP contribution in [-0.4, -0.2) is 40.7 Å². The molecule has 0 saturated heterocycles. The molecule has 0 atom stereocenters. The summed E-state index contributed by atoms with van der Waals surface area (Å²) in [7, 11) is 1.41. The van der Waals surface area contributed by atoms with E-state index >= 15 is 0 Å². The molecule has 1 heterocycles. The third-order valence-corrected chi connectivity index (χ3v) is 4.33. The highest BCUT2D eigenvalue weighted by Gasteiger charge is 2.30. The van der Waals surface area contributed by atoms with Gasteiger partial charge in [0, 0.05) is 12.0 Å². The first-order valence-electron chi connectivity index (χ1n) is 9.75. The lowest BCUT2D eigenvalue weighted by Crippen LogP contribution is -2.24. The fraction of sp³-hybridized carbons (Fsp3) is 0.381. The van der Waals surface area contributed by atoms with Gasteiger partial charge in [-0.1, -0.05) is 6.07 Å². The Bertz CT molecular complexity index is 1030. The van der Waals surface area contributed by atoms with Crippen molar-refractivity contribution in [3.8, 4) is 5.75 Å². The van der Waals surface area contributed by atoms with Crippen molar-refractivity contribution in [3.63, 3.8) is 0 Å². The number of hydrogen-bond donors (Lipinski definition) is 3. The van der Waals surface area contributed by atoms with E-state index in [1.165, 1.54) is 13.2 Å². The van der Waals surface area contributed by atoms with Gasteiger partial charge in [-0.05, 0) is 45.7 Å². The number of para-hydroxylation sites is 1. The zero-order chi connectivity index (χ0) is 22.8. The van der Waals surface area contributed by atoms with Gasteiger partial charge in [0.25, 0.3) is 5.91 Å². The van der Waals surface area contributed by atoms with Crippen LogP contribution in [0.15, 0.2) is 24.3 Å². The topological polar surface area (TPSA) is 146 Å². The Morgan fingerprint density at radius 3 is 2.42 bits per heavy atom. The Morgan fingerprint density at radius 1 is 1.13 bits per heavy atom. The third-order valence-electron chi connectivity index (χ3n) is 4.33. The Labute approximate surface area is 179 Å². The number of benzene rings is 1. The van der Waals surface area contributed by atoms with Gasteiger partial charge in [-0.3, -0.25) is 9.59 Å². The smallest absolute Gasteiger partial charge is 0.342 e. The van der Waals surface area contributed by atoms with Crippen LogP contribution < -0.4 is 21.1 Å². The third kappa shape index (κ3) is 5.47. The molecule has 0 radical (unpaired) electrons. The molecular formula is C21H25N5O5. The number of hydrogen-bond acceptors (Lipinski definition) is 8. The van der Waals surface area contributed by atoms with E-state index in [-0.39, 0.29) is 40.3 Å². The molecule has 1 aromatic heterocycles.